The van der Waals surface area contributed by atoms with Gasteiger partial charge >= 0.3 is 5.97 Å². The largest absolute Gasteiger partial charge is 0.464 e. The minimum absolute atomic E-state index is 0.266. The number of hydrogen-bond acceptors (Lipinski definition) is 5. The van der Waals surface area contributed by atoms with Crippen molar-refractivity contribution in [1.29, 1.82) is 0 Å². The summed E-state index contributed by atoms with van der Waals surface area (Å²) >= 11 is 0. The van der Waals surface area contributed by atoms with E-state index in [1.807, 2.05) is 0 Å². The van der Waals surface area contributed by atoms with Crippen molar-refractivity contribution >= 4 is 11.8 Å². The van der Waals surface area contributed by atoms with Crippen LogP contribution < -0.4 is 4.90 Å². The van der Waals surface area contributed by atoms with Gasteiger partial charge in [-0.25, -0.2) is 9.78 Å². The van der Waals surface area contributed by atoms with Gasteiger partial charge in [0.15, 0.2) is 5.69 Å². The highest BCUT2D eigenvalue weighted by Crippen LogP contribution is 2.22. The second-order valence-electron chi connectivity index (χ2n) is 4.29. The van der Waals surface area contributed by atoms with E-state index in [-0.39, 0.29) is 5.69 Å². The van der Waals surface area contributed by atoms with Crippen molar-refractivity contribution in [2.75, 3.05) is 18.6 Å². The Balaban J connectivity index is 2.23. The maximum atomic E-state index is 11.4. The van der Waals surface area contributed by atoms with E-state index in [0.717, 1.165) is 25.2 Å². The Hall–Kier alpha value is -1.65. The lowest BCUT2D eigenvalue weighted by atomic mass is 10.0. The zero-order valence-electron chi connectivity index (χ0n) is 10.2. The monoisotopic (exact) mass is 235 g/mol. The third-order valence-corrected chi connectivity index (χ3v) is 3.11. The first kappa shape index (κ1) is 11.8. The van der Waals surface area contributed by atoms with Crippen LogP contribution in [0.2, 0.25) is 0 Å². The third-order valence-electron chi connectivity index (χ3n) is 3.11. The molecule has 1 atom stereocenters. The number of anilines is 1. The summed E-state index contributed by atoms with van der Waals surface area (Å²) in [6.07, 6.45) is 6.71. The summed E-state index contributed by atoms with van der Waals surface area (Å²) in [5.41, 5.74) is 0.266. The van der Waals surface area contributed by atoms with E-state index in [1.165, 1.54) is 19.7 Å². The van der Waals surface area contributed by atoms with Crippen LogP contribution in [0.3, 0.4) is 0 Å². The van der Waals surface area contributed by atoms with E-state index < -0.39 is 5.97 Å². The molecule has 2 rings (SSSR count). The molecule has 0 radical (unpaired) electrons. The fourth-order valence-electron chi connectivity index (χ4n) is 2.14. The summed E-state index contributed by atoms with van der Waals surface area (Å²) in [7, 11) is 1.35. The fraction of sp³-hybridized carbons (Fsp3) is 0.583. The molecule has 92 valence electrons. The zero-order valence-corrected chi connectivity index (χ0v) is 10.2. The van der Waals surface area contributed by atoms with Gasteiger partial charge in [-0.3, -0.25) is 4.98 Å². The van der Waals surface area contributed by atoms with Crippen molar-refractivity contribution in [3.63, 3.8) is 0 Å². The van der Waals surface area contributed by atoms with Crippen LogP contribution in [0, 0.1) is 0 Å². The van der Waals surface area contributed by atoms with Crippen LogP contribution in [0.5, 0.6) is 0 Å². The molecule has 0 aliphatic carbocycles. The topological polar surface area (TPSA) is 55.3 Å². The quantitative estimate of drug-likeness (QED) is 0.729. The van der Waals surface area contributed by atoms with Gasteiger partial charge in [-0.05, 0) is 26.2 Å². The summed E-state index contributed by atoms with van der Waals surface area (Å²) in [5, 5.41) is 0. The average molecular weight is 235 g/mol. The molecule has 1 aliphatic heterocycles. The Kier molecular flexibility index (Phi) is 3.56. The third kappa shape index (κ3) is 2.54. The molecule has 0 N–H and O–H groups in total. The van der Waals surface area contributed by atoms with E-state index in [0.29, 0.717) is 6.04 Å². The molecule has 1 aromatic heterocycles. The second-order valence-corrected chi connectivity index (χ2v) is 4.29. The van der Waals surface area contributed by atoms with Gasteiger partial charge in [0.2, 0.25) is 0 Å². The number of ether oxygens (including phenoxy) is 1. The van der Waals surface area contributed by atoms with Crippen molar-refractivity contribution in [2.45, 2.75) is 32.2 Å². The van der Waals surface area contributed by atoms with Crippen LogP contribution in [0.25, 0.3) is 0 Å². The molecule has 2 heterocycles. The number of methoxy groups -OCH3 is 1. The van der Waals surface area contributed by atoms with Gasteiger partial charge in [-0.1, -0.05) is 0 Å². The van der Waals surface area contributed by atoms with Crippen LogP contribution in [-0.4, -0.2) is 35.6 Å². The first-order valence-corrected chi connectivity index (χ1v) is 5.89. The number of piperidine rings is 1. The van der Waals surface area contributed by atoms with Crippen molar-refractivity contribution in [3.05, 3.63) is 18.1 Å². The number of hydrogen-bond donors (Lipinski definition) is 0. The van der Waals surface area contributed by atoms with Gasteiger partial charge in [0.1, 0.15) is 5.82 Å². The van der Waals surface area contributed by atoms with E-state index >= 15 is 0 Å². The average Bonchev–Trinajstić information content (AvgIpc) is 2.38. The minimum Gasteiger partial charge on any atom is -0.464 e. The molecule has 1 aliphatic rings. The number of aromatic nitrogens is 2. The van der Waals surface area contributed by atoms with Gasteiger partial charge in [-0.2, -0.15) is 0 Å². The highest BCUT2D eigenvalue weighted by molar-refractivity contribution is 5.87. The molecule has 17 heavy (non-hydrogen) atoms. The number of nitrogens with zero attached hydrogens (tertiary/aromatic N) is 3. The second kappa shape index (κ2) is 5.12. The molecule has 0 spiro atoms. The van der Waals surface area contributed by atoms with Crippen LogP contribution in [-0.2, 0) is 4.74 Å². The zero-order chi connectivity index (χ0) is 12.3. The van der Waals surface area contributed by atoms with Gasteiger partial charge in [0, 0.05) is 12.6 Å². The lowest BCUT2D eigenvalue weighted by Gasteiger charge is -2.34. The van der Waals surface area contributed by atoms with Gasteiger partial charge in [0.25, 0.3) is 0 Å². The molecule has 5 nitrogen and oxygen atoms in total. The van der Waals surface area contributed by atoms with Gasteiger partial charge in [-0.15, -0.1) is 0 Å². The van der Waals surface area contributed by atoms with Crippen LogP contribution in [0.15, 0.2) is 12.4 Å². The lowest BCUT2D eigenvalue weighted by molar-refractivity contribution is 0.0593. The van der Waals surface area contributed by atoms with E-state index in [2.05, 4.69) is 26.5 Å². The smallest absolute Gasteiger partial charge is 0.358 e. The first-order chi connectivity index (χ1) is 8.22. The van der Waals surface area contributed by atoms with E-state index in [9.17, 15) is 4.79 Å². The summed E-state index contributed by atoms with van der Waals surface area (Å²) in [5.74, 6) is 0.323. The number of carbonyl (C=O) groups excluding carboxylic acids is 1. The Morgan fingerprint density at radius 2 is 2.29 bits per heavy atom. The summed E-state index contributed by atoms with van der Waals surface area (Å²) < 4.78 is 4.65. The maximum Gasteiger partial charge on any atom is 0.358 e. The number of rotatable bonds is 2. The number of esters is 1. The first-order valence-electron chi connectivity index (χ1n) is 5.89. The standard InChI is InChI=1S/C12H17N3O2/c1-9-5-3-4-6-15(9)11-8-13-7-10(14-11)12(16)17-2/h7-9H,3-6H2,1-2H3/t9-/m1/s1. The maximum absolute atomic E-state index is 11.4. The molecule has 0 aromatic carbocycles. The summed E-state index contributed by atoms with van der Waals surface area (Å²) in [6, 6.07) is 0.450. The van der Waals surface area contributed by atoms with Crippen LogP contribution in [0.4, 0.5) is 5.82 Å². The SMILES string of the molecule is COC(=O)c1cncc(N2CCCC[C@H]2C)n1. The highest BCUT2D eigenvalue weighted by Gasteiger charge is 2.21. The van der Waals surface area contributed by atoms with Crippen LogP contribution in [0.1, 0.15) is 36.7 Å². The van der Waals surface area contributed by atoms with Gasteiger partial charge < -0.3 is 9.64 Å². The van der Waals surface area contributed by atoms with Crippen molar-refractivity contribution in [2.24, 2.45) is 0 Å². The Labute approximate surface area is 101 Å². The van der Waals surface area contributed by atoms with Crippen molar-refractivity contribution < 1.29 is 9.53 Å². The Morgan fingerprint density at radius 3 is 3.00 bits per heavy atom. The minimum atomic E-state index is -0.441. The normalized spacial score (nSPS) is 20.1. The molecule has 5 heteroatoms. The summed E-state index contributed by atoms with van der Waals surface area (Å²) in [4.78, 5) is 21.9. The fourth-order valence-corrected chi connectivity index (χ4v) is 2.14. The Bertz CT molecular complexity index is 408. The molecule has 1 saturated heterocycles. The number of carbonyl (C=O) groups is 1. The molecule has 1 aromatic rings. The lowest BCUT2D eigenvalue weighted by Crippen LogP contribution is -2.38. The predicted molar refractivity (Wildman–Crippen MR) is 64.0 cm³/mol. The Morgan fingerprint density at radius 1 is 1.47 bits per heavy atom. The molecule has 1 fully saturated rings. The molecule has 0 unspecified atom stereocenters. The summed E-state index contributed by atoms with van der Waals surface area (Å²) in [6.45, 7) is 3.14. The van der Waals surface area contributed by atoms with E-state index in [1.54, 1.807) is 6.20 Å². The highest BCUT2D eigenvalue weighted by atomic mass is 16.5. The molecule has 0 saturated carbocycles. The van der Waals surface area contributed by atoms with Crippen molar-refractivity contribution in [1.82, 2.24) is 9.97 Å². The van der Waals surface area contributed by atoms with E-state index in [4.69, 9.17) is 0 Å². The van der Waals surface area contributed by atoms with Crippen molar-refractivity contribution in [3.8, 4) is 0 Å². The molecular weight excluding hydrogens is 218 g/mol. The van der Waals surface area contributed by atoms with Gasteiger partial charge in [0.05, 0.1) is 19.5 Å². The molecule has 0 bridgehead atoms. The predicted octanol–water partition coefficient (Wildman–Crippen LogP) is 1.64. The molecule has 0 amide bonds. The van der Waals surface area contributed by atoms with Crippen LogP contribution >= 0.6 is 0 Å². The molecular formula is C12H17N3O2.